The van der Waals surface area contributed by atoms with Gasteiger partial charge in [-0.1, -0.05) is 42.5 Å². The maximum absolute atomic E-state index is 12.2. The Bertz CT molecular complexity index is 651. The molecule has 3 heteroatoms. The van der Waals surface area contributed by atoms with Gasteiger partial charge in [0.05, 0.1) is 12.5 Å². The lowest BCUT2D eigenvalue weighted by Crippen LogP contribution is -2.43. The molecule has 1 amide bonds. The summed E-state index contributed by atoms with van der Waals surface area (Å²) >= 11 is 0. The van der Waals surface area contributed by atoms with E-state index in [0.717, 1.165) is 28.9 Å². The lowest BCUT2D eigenvalue weighted by Gasteiger charge is -2.26. The van der Waals surface area contributed by atoms with Crippen molar-refractivity contribution in [3.05, 3.63) is 65.2 Å². The third kappa shape index (κ3) is 3.24. The summed E-state index contributed by atoms with van der Waals surface area (Å²) in [5.74, 6) is 0.985. The van der Waals surface area contributed by atoms with Crippen LogP contribution in [0.5, 0.6) is 5.75 Å². The van der Waals surface area contributed by atoms with Gasteiger partial charge in [-0.2, -0.15) is 0 Å². The molecule has 2 aromatic carbocycles. The van der Waals surface area contributed by atoms with E-state index in [2.05, 4.69) is 11.4 Å². The average molecular weight is 281 g/mol. The van der Waals surface area contributed by atoms with E-state index in [4.69, 9.17) is 4.74 Å². The number of carbonyl (C=O) groups is 1. The van der Waals surface area contributed by atoms with Gasteiger partial charge in [-0.3, -0.25) is 4.79 Å². The molecule has 1 N–H and O–H groups in total. The van der Waals surface area contributed by atoms with E-state index in [0.29, 0.717) is 13.0 Å². The summed E-state index contributed by atoms with van der Waals surface area (Å²) in [5.41, 5.74) is 3.38. The molecule has 1 aliphatic heterocycles. The van der Waals surface area contributed by atoms with E-state index in [-0.39, 0.29) is 11.9 Å². The molecule has 1 heterocycles. The maximum atomic E-state index is 12.2. The van der Waals surface area contributed by atoms with E-state index < -0.39 is 0 Å². The van der Waals surface area contributed by atoms with Crippen LogP contribution in [-0.4, -0.2) is 18.6 Å². The SMILES string of the molecule is Cc1ccccc1CC(=O)NC1COc2ccccc2C1. The molecule has 0 aliphatic carbocycles. The molecule has 0 fully saturated rings. The van der Waals surface area contributed by atoms with Crippen molar-refractivity contribution in [1.82, 2.24) is 5.32 Å². The lowest BCUT2D eigenvalue weighted by atomic mass is 10.0. The van der Waals surface area contributed by atoms with Crippen LogP contribution in [0.1, 0.15) is 16.7 Å². The quantitative estimate of drug-likeness (QED) is 0.939. The smallest absolute Gasteiger partial charge is 0.224 e. The standard InChI is InChI=1S/C18H19NO2/c1-13-6-2-3-7-14(13)11-18(20)19-16-10-15-8-4-5-9-17(15)21-12-16/h2-9,16H,10-12H2,1H3,(H,19,20). The van der Waals surface area contributed by atoms with Crippen molar-refractivity contribution in [3.8, 4) is 5.75 Å². The molecule has 2 aromatic rings. The molecule has 0 bridgehead atoms. The van der Waals surface area contributed by atoms with Crippen LogP contribution in [-0.2, 0) is 17.6 Å². The van der Waals surface area contributed by atoms with Crippen molar-refractivity contribution in [2.75, 3.05) is 6.61 Å². The molecule has 0 saturated carbocycles. The van der Waals surface area contributed by atoms with Gasteiger partial charge in [0.15, 0.2) is 0 Å². The molecule has 0 saturated heterocycles. The van der Waals surface area contributed by atoms with Gasteiger partial charge in [-0.25, -0.2) is 0 Å². The first kappa shape index (κ1) is 13.7. The first-order chi connectivity index (χ1) is 10.2. The molecule has 0 aromatic heterocycles. The molecule has 3 nitrogen and oxygen atoms in total. The van der Waals surface area contributed by atoms with E-state index in [1.165, 1.54) is 0 Å². The number of hydrogen-bond acceptors (Lipinski definition) is 2. The Hall–Kier alpha value is -2.29. The van der Waals surface area contributed by atoms with Gasteiger partial charge < -0.3 is 10.1 Å². The zero-order valence-electron chi connectivity index (χ0n) is 12.1. The summed E-state index contributed by atoms with van der Waals surface area (Å²) in [6.45, 7) is 2.57. The first-order valence-corrected chi connectivity index (χ1v) is 7.27. The lowest BCUT2D eigenvalue weighted by molar-refractivity contribution is -0.121. The van der Waals surface area contributed by atoms with Crippen LogP contribution < -0.4 is 10.1 Å². The fraction of sp³-hybridized carbons (Fsp3) is 0.278. The summed E-state index contributed by atoms with van der Waals surface area (Å²) in [6.07, 6.45) is 1.25. The first-order valence-electron chi connectivity index (χ1n) is 7.27. The normalized spacial score (nSPS) is 16.7. The number of nitrogens with one attached hydrogen (secondary N) is 1. The largest absolute Gasteiger partial charge is 0.491 e. The van der Waals surface area contributed by atoms with Crippen LogP contribution in [0.4, 0.5) is 0 Å². The summed E-state index contributed by atoms with van der Waals surface area (Å²) in [4.78, 5) is 12.2. The van der Waals surface area contributed by atoms with Gasteiger partial charge in [-0.05, 0) is 36.1 Å². The monoisotopic (exact) mass is 281 g/mol. The highest BCUT2D eigenvalue weighted by Gasteiger charge is 2.21. The van der Waals surface area contributed by atoms with Crippen LogP contribution in [0, 0.1) is 6.92 Å². The van der Waals surface area contributed by atoms with Crippen molar-refractivity contribution in [3.63, 3.8) is 0 Å². The molecular weight excluding hydrogens is 262 g/mol. The summed E-state index contributed by atoms with van der Waals surface area (Å²) in [6, 6.07) is 16.0. The highest BCUT2D eigenvalue weighted by molar-refractivity contribution is 5.79. The van der Waals surface area contributed by atoms with Crippen LogP contribution in [0.2, 0.25) is 0 Å². The predicted molar refractivity (Wildman–Crippen MR) is 82.5 cm³/mol. The number of aryl methyl sites for hydroxylation is 1. The molecule has 1 aliphatic rings. The molecule has 0 spiro atoms. The Kier molecular flexibility index (Phi) is 3.91. The topological polar surface area (TPSA) is 38.3 Å². The molecule has 0 radical (unpaired) electrons. The zero-order valence-corrected chi connectivity index (χ0v) is 12.1. The Morgan fingerprint density at radius 1 is 1.19 bits per heavy atom. The number of fused-ring (bicyclic) bond motifs is 1. The van der Waals surface area contributed by atoms with Gasteiger partial charge in [0.1, 0.15) is 12.4 Å². The number of benzene rings is 2. The Balaban J connectivity index is 1.60. The number of ether oxygens (including phenoxy) is 1. The third-order valence-electron chi connectivity index (χ3n) is 3.86. The van der Waals surface area contributed by atoms with Gasteiger partial charge in [0, 0.05) is 0 Å². The maximum Gasteiger partial charge on any atom is 0.224 e. The van der Waals surface area contributed by atoms with E-state index in [1.807, 2.05) is 49.4 Å². The molecule has 1 unspecified atom stereocenters. The van der Waals surface area contributed by atoms with Crippen LogP contribution in [0.3, 0.4) is 0 Å². The minimum atomic E-state index is 0.0522. The predicted octanol–water partition coefficient (Wildman–Crippen LogP) is 2.66. The van der Waals surface area contributed by atoms with Gasteiger partial charge >= 0.3 is 0 Å². The molecule has 21 heavy (non-hydrogen) atoms. The molecule has 1 atom stereocenters. The molecule has 3 rings (SSSR count). The number of rotatable bonds is 3. The summed E-state index contributed by atoms with van der Waals surface area (Å²) in [7, 11) is 0. The van der Waals surface area contributed by atoms with E-state index in [9.17, 15) is 4.79 Å². The highest BCUT2D eigenvalue weighted by Crippen LogP contribution is 2.23. The second-order valence-corrected chi connectivity index (χ2v) is 5.49. The fourth-order valence-corrected chi connectivity index (χ4v) is 2.68. The fourth-order valence-electron chi connectivity index (χ4n) is 2.68. The van der Waals surface area contributed by atoms with E-state index in [1.54, 1.807) is 0 Å². The summed E-state index contributed by atoms with van der Waals surface area (Å²) in [5, 5.41) is 3.07. The van der Waals surface area contributed by atoms with Gasteiger partial charge in [0.25, 0.3) is 0 Å². The van der Waals surface area contributed by atoms with Crippen LogP contribution in [0.25, 0.3) is 0 Å². The Labute approximate surface area is 124 Å². The second-order valence-electron chi connectivity index (χ2n) is 5.49. The van der Waals surface area contributed by atoms with E-state index >= 15 is 0 Å². The average Bonchev–Trinajstić information content (AvgIpc) is 2.49. The third-order valence-corrected chi connectivity index (χ3v) is 3.86. The summed E-state index contributed by atoms with van der Waals surface area (Å²) < 4.78 is 5.70. The zero-order chi connectivity index (χ0) is 14.7. The number of hydrogen-bond donors (Lipinski definition) is 1. The highest BCUT2D eigenvalue weighted by atomic mass is 16.5. The van der Waals surface area contributed by atoms with Crippen molar-refractivity contribution in [2.45, 2.75) is 25.8 Å². The number of amides is 1. The van der Waals surface area contributed by atoms with Gasteiger partial charge in [0.2, 0.25) is 5.91 Å². The van der Waals surface area contributed by atoms with Crippen molar-refractivity contribution in [2.24, 2.45) is 0 Å². The second kappa shape index (κ2) is 6.00. The van der Waals surface area contributed by atoms with Gasteiger partial charge in [-0.15, -0.1) is 0 Å². The van der Waals surface area contributed by atoms with Crippen molar-refractivity contribution < 1.29 is 9.53 Å². The molecular formula is C18H19NO2. The Morgan fingerprint density at radius 3 is 2.81 bits per heavy atom. The number of para-hydroxylation sites is 1. The van der Waals surface area contributed by atoms with Crippen LogP contribution in [0.15, 0.2) is 48.5 Å². The van der Waals surface area contributed by atoms with Crippen LogP contribution >= 0.6 is 0 Å². The number of carbonyl (C=O) groups excluding carboxylic acids is 1. The minimum absolute atomic E-state index is 0.0522. The molecule has 108 valence electrons. The van der Waals surface area contributed by atoms with Crippen molar-refractivity contribution >= 4 is 5.91 Å². The Morgan fingerprint density at radius 2 is 1.95 bits per heavy atom. The minimum Gasteiger partial charge on any atom is -0.491 e. The van der Waals surface area contributed by atoms with Crippen molar-refractivity contribution in [1.29, 1.82) is 0 Å².